The van der Waals surface area contributed by atoms with E-state index >= 15 is 0 Å². The van der Waals surface area contributed by atoms with E-state index in [9.17, 15) is 9.90 Å². The molecule has 0 unspecified atom stereocenters. The van der Waals surface area contributed by atoms with Crippen LogP contribution in [-0.4, -0.2) is 49.6 Å². The molecule has 1 saturated heterocycles. The van der Waals surface area contributed by atoms with E-state index in [1.54, 1.807) is 6.20 Å². The molecule has 0 saturated carbocycles. The van der Waals surface area contributed by atoms with Crippen LogP contribution in [0.3, 0.4) is 0 Å². The Kier molecular flexibility index (Phi) is 3.62. The Morgan fingerprint density at radius 2 is 2.21 bits per heavy atom. The predicted molar refractivity (Wildman–Crippen MR) is 93.0 cm³/mol. The molecule has 1 amide bonds. The van der Waals surface area contributed by atoms with Crippen molar-refractivity contribution in [2.45, 2.75) is 25.4 Å². The molecule has 1 aliphatic heterocycles. The van der Waals surface area contributed by atoms with Gasteiger partial charge in [-0.15, -0.1) is 11.3 Å². The molecule has 0 bridgehead atoms. The Morgan fingerprint density at radius 3 is 3.00 bits per heavy atom. The maximum atomic E-state index is 12.6. The third kappa shape index (κ3) is 2.81. The van der Waals surface area contributed by atoms with Crippen LogP contribution in [-0.2, 0) is 0 Å². The van der Waals surface area contributed by atoms with Gasteiger partial charge >= 0.3 is 0 Å². The summed E-state index contributed by atoms with van der Waals surface area (Å²) in [4.78, 5) is 27.1. The van der Waals surface area contributed by atoms with Crippen molar-refractivity contribution in [1.82, 2.24) is 19.9 Å². The van der Waals surface area contributed by atoms with Gasteiger partial charge in [-0.05, 0) is 31.9 Å². The highest BCUT2D eigenvalue weighted by Gasteiger charge is 2.30. The first-order valence-corrected chi connectivity index (χ1v) is 8.80. The second kappa shape index (κ2) is 5.68. The van der Waals surface area contributed by atoms with Crippen LogP contribution in [0.25, 0.3) is 22.4 Å². The van der Waals surface area contributed by atoms with Crippen molar-refractivity contribution in [1.29, 1.82) is 0 Å². The van der Waals surface area contributed by atoms with Gasteiger partial charge in [-0.2, -0.15) is 0 Å². The van der Waals surface area contributed by atoms with Gasteiger partial charge in [0.15, 0.2) is 5.65 Å². The monoisotopic (exact) mass is 342 g/mol. The zero-order valence-electron chi connectivity index (χ0n) is 13.3. The number of hydrogen-bond acceptors (Lipinski definition) is 5. The van der Waals surface area contributed by atoms with Crippen molar-refractivity contribution in [3.05, 3.63) is 34.8 Å². The minimum atomic E-state index is -0.654. The number of thiophene rings is 1. The lowest BCUT2D eigenvalue weighted by Gasteiger charge is -2.35. The van der Waals surface area contributed by atoms with Crippen molar-refractivity contribution in [3.8, 4) is 11.3 Å². The summed E-state index contributed by atoms with van der Waals surface area (Å²) in [5, 5.41) is 12.0. The lowest BCUT2D eigenvalue weighted by molar-refractivity contribution is -0.00188. The van der Waals surface area contributed by atoms with Crippen LogP contribution < -0.4 is 0 Å². The van der Waals surface area contributed by atoms with Crippen LogP contribution in [0, 0.1) is 0 Å². The minimum Gasteiger partial charge on any atom is -0.390 e. The number of aliphatic hydroxyl groups is 1. The first kappa shape index (κ1) is 15.3. The normalized spacial score (nSPS) is 17.3. The Labute approximate surface area is 143 Å². The van der Waals surface area contributed by atoms with Gasteiger partial charge in [-0.3, -0.25) is 4.79 Å². The van der Waals surface area contributed by atoms with E-state index in [2.05, 4.69) is 15.0 Å². The fourth-order valence-electron chi connectivity index (χ4n) is 2.90. The molecular formula is C17H18N4O2S. The predicted octanol–water partition coefficient (Wildman–Crippen LogP) is 2.67. The van der Waals surface area contributed by atoms with E-state index in [1.807, 2.05) is 35.5 Å². The average molecular weight is 342 g/mol. The number of likely N-dealkylation sites (tertiary alicyclic amines) is 1. The maximum Gasteiger partial charge on any atom is 0.263 e. The molecule has 124 valence electrons. The number of amides is 1. The molecule has 2 N–H and O–H groups in total. The van der Waals surface area contributed by atoms with E-state index in [4.69, 9.17) is 0 Å². The fraction of sp³-hybridized carbons (Fsp3) is 0.353. The van der Waals surface area contributed by atoms with Crippen LogP contribution >= 0.6 is 11.3 Å². The summed E-state index contributed by atoms with van der Waals surface area (Å²) in [5.41, 5.74) is 2.58. The number of rotatable bonds is 2. The number of carbonyl (C=O) groups excluding carboxylic acids is 1. The van der Waals surface area contributed by atoms with Gasteiger partial charge in [0.25, 0.3) is 5.91 Å². The van der Waals surface area contributed by atoms with Gasteiger partial charge in [-0.25, -0.2) is 9.97 Å². The van der Waals surface area contributed by atoms with Crippen LogP contribution in [0.1, 0.15) is 29.4 Å². The molecule has 3 aromatic heterocycles. The molecule has 0 radical (unpaired) electrons. The number of nitrogens with one attached hydrogen (secondary N) is 1. The molecule has 0 atom stereocenters. The van der Waals surface area contributed by atoms with Gasteiger partial charge in [0, 0.05) is 30.2 Å². The molecule has 1 aliphatic rings. The minimum absolute atomic E-state index is 0.0254. The molecule has 0 spiro atoms. The van der Waals surface area contributed by atoms with E-state index in [1.165, 1.54) is 11.3 Å². The Balaban J connectivity index is 1.55. The first-order valence-electron chi connectivity index (χ1n) is 7.93. The number of nitrogens with zero attached hydrogens (tertiary/aromatic N) is 3. The molecule has 7 heteroatoms. The Bertz CT molecular complexity index is 889. The van der Waals surface area contributed by atoms with Gasteiger partial charge in [0.2, 0.25) is 0 Å². The second-order valence-electron chi connectivity index (χ2n) is 6.46. The maximum absolute atomic E-state index is 12.6. The standard InChI is InChI=1S/C17H18N4O2S/c1-17(23)3-6-21(7-4-17)16(22)14-8-11(10-24-14)13-9-19-15-12(20-13)2-5-18-15/h2,5,8-10,23H,3-4,6-7H2,1H3,(H,18,19). The quantitative estimate of drug-likeness (QED) is 0.750. The molecule has 24 heavy (non-hydrogen) atoms. The van der Waals surface area contributed by atoms with Crippen molar-refractivity contribution in [2.24, 2.45) is 0 Å². The van der Waals surface area contributed by atoms with Crippen LogP contribution in [0.4, 0.5) is 0 Å². The summed E-state index contributed by atoms with van der Waals surface area (Å²) in [5.74, 6) is 0.0254. The number of aromatic amines is 1. The van der Waals surface area contributed by atoms with E-state index in [0.29, 0.717) is 30.8 Å². The third-order valence-electron chi connectivity index (χ3n) is 4.49. The summed E-state index contributed by atoms with van der Waals surface area (Å²) in [6.07, 6.45) is 4.76. The molecule has 6 nitrogen and oxygen atoms in total. The van der Waals surface area contributed by atoms with Gasteiger partial charge in [-0.1, -0.05) is 0 Å². The molecular weight excluding hydrogens is 324 g/mol. The van der Waals surface area contributed by atoms with Crippen molar-refractivity contribution in [2.75, 3.05) is 13.1 Å². The van der Waals surface area contributed by atoms with Gasteiger partial charge in [0.1, 0.15) is 5.52 Å². The molecule has 4 heterocycles. The summed E-state index contributed by atoms with van der Waals surface area (Å²) in [7, 11) is 0. The van der Waals surface area contributed by atoms with E-state index < -0.39 is 5.60 Å². The van der Waals surface area contributed by atoms with Crippen molar-refractivity contribution in [3.63, 3.8) is 0 Å². The molecule has 0 aromatic carbocycles. The number of hydrogen-bond donors (Lipinski definition) is 2. The van der Waals surface area contributed by atoms with E-state index in [-0.39, 0.29) is 5.91 Å². The molecule has 3 aromatic rings. The third-order valence-corrected chi connectivity index (χ3v) is 5.41. The highest BCUT2D eigenvalue weighted by molar-refractivity contribution is 7.12. The lowest BCUT2D eigenvalue weighted by atomic mass is 9.94. The SMILES string of the molecule is CC1(O)CCN(C(=O)c2cc(-c3cnc4[nH]ccc4n3)cs2)CC1. The summed E-state index contributed by atoms with van der Waals surface area (Å²) < 4.78 is 0. The fourth-order valence-corrected chi connectivity index (χ4v) is 3.77. The number of H-pyrrole nitrogens is 1. The van der Waals surface area contributed by atoms with Crippen LogP contribution in [0.5, 0.6) is 0 Å². The summed E-state index contributed by atoms with van der Waals surface area (Å²) >= 11 is 1.42. The number of carbonyl (C=O) groups is 1. The number of piperidine rings is 1. The number of fused-ring (bicyclic) bond motifs is 1. The zero-order valence-corrected chi connectivity index (χ0v) is 14.1. The van der Waals surface area contributed by atoms with Crippen LogP contribution in [0.2, 0.25) is 0 Å². The summed E-state index contributed by atoms with van der Waals surface area (Å²) in [6.45, 7) is 3.01. The van der Waals surface area contributed by atoms with Crippen molar-refractivity contribution < 1.29 is 9.90 Å². The lowest BCUT2D eigenvalue weighted by Crippen LogP contribution is -2.44. The highest BCUT2D eigenvalue weighted by Crippen LogP contribution is 2.28. The molecule has 4 rings (SSSR count). The van der Waals surface area contributed by atoms with Crippen molar-refractivity contribution >= 4 is 28.4 Å². The zero-order chi connectivity index (χ0) is 16.7. The molecule has 1 fully saturated rings. The summed E-state index contributed by atoms with van der Waals surface area (Å²) in [6, 6.07) is 3.76. The topological polar surface area (TPSA) is 82.1 Å². The first-order chi connectivity index (χ1) is 11.5. The van der Waals surface area contributed by atoms with Gasteiger partial charge < -0.3 is 15.0 Å². The molecule has 0 aliphatic carbocycles. The number of aromatic nitrogens is 3. The second-order valence-corrected chi connectivity index (χ2v) is 7.37. The van der Waals surface area contributed by atoms with Crippen LogP contribution in [0.15, 0.2) is 29.9 Å². The highest BCUT2D eigenvalue weighted by atomic mass is 32.1. The average Bonchev–Trinajstić information content (AvgIpc) is 3.22. The smallest absolute Gasteiger partial charge is 0.263 e. The Morgan fingerprint density at radius 1 is 1.42 bits per heavy atom. The largest absolute Gasteiger partial charge is 0.390 e. The van der Waals surface area contributed by atoms with E-state index in [0.717, 1.165) is 22.4 Å². The van der Waals surface area contributed by atoms with Gasteiger partial charge in [0.05, 0.1) is 22.4 Å². The Hall–Kier alpha value is -2.25.